The first kappa shape index (κ1) is 20.2. The lowest BCUT2D eigenvalue weighted by molar-refractivity contribution is -0.146. The fourth-order valence-corrected chi connectivity index (χ4v) is 2.22. The monoisotopic (exact) mass is 320 g/mol. The lowest BCUT2D eigenvalue weighted by Crippen LogP contribution is -2.42. The van der Waals surface area contributed by atoms with E-state index in [1.165, 1.54) is 25.7 Å². The third-order valence-corrected chi connectivity index (χ3v) is 3.59. The summed E-state index contributed by atoms with van der Waals surface area (Å²) in [7, 11) is 0. The molecule has 2 N–H and O–H groups in total. The quantitative estimate of drug-likeness (QED) is 0.673. The van der Waals surface area contributed by atoms with E-state index in [1.54, 1.807) is 6.92 Å². The van der Waals surface area contributed by atoms with Crippen LogP contribution in [0.25, 0.3) is 0 Å². The number of hydrogen-bond acceptors (Lipinski definition) is 4. The Morgan fingerprint density at radius 1 is 0.952 bits per heavy atom. The van der Waals surface area contributed by atoms with Crippen LogP contribution in [0.15, 0.2) is 0 Å². The van der Waals surface area contributed by atoms with Crippen LogP contribution >= 0.6 is 12.4 Å². The number of nitrogens with one attached hydrogen (secondary N) is 2. The maximum Gasteiger partial charge on any atom is 0.322 e. The van der Waals surface area contributed by atoms with Crippen LogP contribution in [-0.2, 0) is 14.3 Å². The molecule has 0 aliphatic carbocycles. The number of cyclic esters (lactones) is 1. The predicted molar refractivity (Wildman–Crippen MR) is 85.4 cm³/mol. The van der Waals surface area contributed by atoms with Crippen molar-refractivity contribution in [1.29, 1.82) is 0 Å². The molecule has 1 heterocycles. The number of rotatable bonds is 0. The molecule has 21 heavy (non-hydrogen) atoms. The van der Waals surface area contributed by atoms with Gasteiger partial charge in [-0.15, -0.1) is 12.4 Å². The number of esters is 1. The van der Waals surface area contributed by atoms with E-state index < -0.39 is 0 Å². The highest BCUT2D eigenvalue weighted by Crippen LogP contribution is 2.10. The van der Waals surface area contributed by atoms with Gasteiger partial charge in [0.1, 0.15) is 6.04 Å². The molecule has 1 aliphatic rings. The van der Waals surface area contributed by atoms with E-state index in [0.717, 1.165) is 25.7 Å². The molecule has 0 aromatic heterocycles. The Labute approximate surface area is 134 Å². The van der Waals surface area contributed by atoms with Gasteiger partial charge in [0.25, 0.3) is 0 Å². The molecule has 1 amide bonds. The van der Waals surface area contributed by atoms with Crippen LogP contribution in [0.2, 0.25) is 0 Å². The van der Waals surface area contributed by atoms with Gasteiger partial charge in [0.15, 0.2) is 0 Å². The van der Waals surface area contributed by atoms with Gasteiger partial charge in [-0.05, 0) is 19.8 Å². The molecule has 1 saturated heterocycles. The summed E-state index contributed by atoms with van der Waals surface area (Å²) in [6, 6.07) is -0.383. The summed E-state index contributed by atoms with van der Waals surface area (Å²) in [4.78, 5) is 23.2. The minimum atomic E-state index is -0.383. The van der Waals surface area contributed by atoms with E-state index in [9.17, 15) is 9.59 Å². The third kappa shape index (κ3) is 10.5. The molecule has 1 fully saturated rings. The number of halogens is 1. The number of hydrogen-bond donors (Lipinski definition) is 2. The van der Waals surface area contributed by atoms with Crippen LogP contribution < -0.4 is 10.6 Å². The fourth-order valence-electron chi connectivity index (χ4n) is 2.22. The topological polar surface area (TPSA) is 67.4 Å². The van der Waals surface area contributed by atoms with E-state index in [0.29, 0.717) is 19.7 Å². The summed E-state index contributed by atoms with van der Waals surface area (Å²) in [6.07, 6.45) is 9.58. The zero-order valence-electron chi connectivity index (χ0n) is 13.0. The Bertz CT molecular complexity index is 301. The van der Waals surface area contributed by atoms with Crippen molar-refractivity contribution in [3.63, 3.8) is 0 Å². The van der Waals surface area contributed by atoms with Crippen LogP contribution in [0.3, 0.4) is 0 Å². The molecule has 5 nitrogen and oxygen atoms in total. The highest BCUT2D eigenvalue weighted by Gasteiger charge is 2.13. The Morgan fingerprint density at radius 3 is 2.19 bits per heavy atom. The normalized spacial score (nSPS) is 24.1. The van der Waals surface area contributed by atoms with E-state index >= 15 is 0 Å². The third-order valence-electron chi connectivity index (χ3n) is 3.59. The van der Waals surface area contributed by atoms with Crippen molar-refractivity contribution in [2.75, 3.05) is 13.3 Å². The largest absolute Gasteiger partial charge is 0.465 e. The molecule has 1 unspecified atom stereocenters. The van der Waals surface area contributed by atoms with Crippen LogP contribution in [0.4, 0.5) is 0 Å². The van der Waals surface area contributed by atoms with Gasteiger partial charge in [-0.1, -0.05) is 38.5 Å². The molecule has 1 atom stereocenters. The fraction of sp³-hybridized carbons (Fsp3) is 0.867. The standard InChI is InChI=1S/C15H28N2O3.ClH/c1-13-15(19)20-11-9-7-5-3-2-4-6-8-10-14(18)17-12-16-13;/h13,16H,2-12H2,1H3,(H,17,18);1H. The van der Waals surface area contributed by atoms with E-state index in [-0.39, 0.29) is 30.3 Å². The summed E-state index contributed by atoms with van der Waals surface area (Å²) in [5, 5.41) is 5.72. The van der Waals surface area contributed by atoms with Gasteiger partial charge in [0, 0.05) is 6.42 Å². The maximum absolute atomic E-state index is 11.6. The van der Waals surface area contributed by atoms with E-state index in [4.69, 9.17) is 4.74 Å². The molecule has 0 aromatic rings. The zero-order valence-corrected chi connectivity index (χ0v) is 13.8. The summed E-state index contributed by atoms with van der Waals surface area (Å²) in [5.74, 6) is -0.203. The molecule has 0 aromatic carbocycles. The number of ether oxygens (including phenoxy) is 1. The van der Waals surface area contributed by atoms with Gasteiger partial charge in [0.05, 0.1) is 13.3 Å². The van der Waals surface area contributed by atoms with Crippen LogP contribution in [0.5, 0.6) is 0 Å². The van der Waals surface area contributed by atoms with Gasteiger partial charge in [-0.2, -0.15) is 0 Å². The van der Waals surface area contributed by atoms with Gasteiger partial charge in [0.2, 0.25) is 5.91 Å². The highest BCUT2D eigenvalue weighted by molar-refractivity contribution is 5.85. The van der Waals surface area contributed by atoms with Crippen molar-refractivity contribution >= 4 is 24.3 Å². The Balaban J connectivity index is 0.00000400. The maximum atomic E-state index is 11.6. The molecule has 124 valence electrons. The van der Waals surface area contributed by atoms with Crippen LogP contribution in [0, 0.1) is 0 Å². The minimum absolute atomic E-state index is 0. The smallest absolute Gasteiger partial charge is 0.322 e. The second-order valence-corrected chi connectivity index (χ2v) is 5.45. The van der Waals surface area contributed by atoms with Gasteiger partial charge in [-0.3, -0.25) is 14.9 Å². The van der Waals surface area contributed by atoms with Crippen LogP contribution in [-0.4, -0.2) is 31.2 Å². The Kier molecular flexibility index (Phi) is 12.4. The van der Waals surface area contributed by atoms with Crippen molar-refractivity contribution in [1.82, 2.24) is 10.6 Å². The van der Waals surface area contributed by atoms with Gasteiger partial charge in [-0.25, -0.2) is 0 Å². The lowest BCUT2D eigenvalue weighted by atomic mass is 10.1. The Hall–Kier alpha value is -0.810. The number of carbonyl (C=O) groups is 2. The first-order chi connectivity index (χ1) is 9.70. The molecule has 0 radical (unpaired) electrons. The van der Waals surface area contributed by atoms with E-state index in [1.807, 2.05) is 0 Å². The second-order valence-electron chi connectivity index (χ2n) is 5.45. The second kappa shape index (κ2) is 12.9. The molecule has 0 bridgehead atoms. The average Bonchev–Trinajstić information content (AvgIpc) is 2.43. The molecule has 6 heteroatoms. The van der Waals surface area contributed by atoms with Crippen LogP contribution in [0.1, 0.15) is 64.7 Å². The first-order valence-electron chi connectivity index (χ1n) is 7.87. The summed E-state index contributed by atoms with van der Waals surface area (Å²) in [6.45, 7) is 2.56. The van der Waals surface area contributed by atoms with E-state index in [2.05, 4.69) is 10.6 Å². The van der Waals surface area contributed by atoms with Crippen molar-refractivity contribution in [3.05, 3.63) is 0 Å². The van der Waals surface area contributed by atoms with Crippen molar-refractivity contribution in [3.8, 4) is 0 Å². The predicted octanol–water partition coefficient (Wildman–Crippen LogP) is 2.53. The first-order valence-corrected chi connectivity index (χ1v) is 7.87. The average molecular weight is 321 g/mol. The van der Waals surface area contributed by atoms with Crippen molar-refractivity contribution in [2.24, 2.45) is 0 Å². The molecule has 1 rings (SSSR count). The van der Waals surface area contributed by atoms with Crippen molar-refractivity contribution < 1.29 is 14.3 Å². The van der Waals surface area contributed by atoms with Gasteiger partial charge >= 0.3 is 5.97 Å². The summed E-state index contributed by atoms with van der Waals surface area (Å²) >= 11 is 0. The molecule has 0 spiro atoms. The number of carbonyl (C=O) groups excluding carboxylic acids is 2. The SMILES string of the molecule is CC1NCNC(=O)CCCCCCCCCCOC1=O.Cl. The zero-order chi connectivity index (χ0) is 14.6. The molecular formula is C15H29ClN2O3. The summed E-state index contributed by atoms with van der Waals surface area (Å²) < 4.78 is 5.19. The molecule has 0 saturated carbocycles. The Morgan fingerprint density at radius 2 is 1.52 bits per heavy atom. The molecule has 1 aliphatic heterocycles. The lowest BCUT2D eigenvalue weighted by Gasteiger charge is -2.13. The number of amides is 1. The summed E-state index contributed by atoms with van der Waals surface area (Å²) in [5.41, 5.74) is 0. The van der Waals surface area contributed by atoms with Gasteiger partial charge < -0.3 is 10.1 Å². The minimum Gasteiger partial charge on any atom is -0.465 e. The highest BCUT2D eigenvalue weighted by atomic mass is 35.5. The molecular weight excluding hydrogens is 292 g/mol. The van der Waals surface area contributed by atoms with Crippen molar-refractivity contribution in [2.45, 2.75) is 70.8 Å².